The first-order valence-corrected chi connectivity index (χ1v) is 12.9. The molecule has 0 aliphatic carbocycles. The van der Waals surface area contributed by atoms with Crippen molar-refractivity contribution in [1.82, 2.24) is 0 Å². The number of hydrogen-bond donors (Lipinski definition) is 0. The van der Waals surface area contributed by atoms with E-state index in [1.54, 1.807) is 32.9 Å². The fourth-order valence-corrected chi connectivity index (χ4v) is 7.66. The van der Waals surface area contributed by atoms with Gasteiger partial charge in [0.1, 0.15) is 0 Å². The van der Waals surface area contributed by atoms with Gasteiger partial charge in [-0.3, -0.25) is 4.57 Å². The van der Waals surface area contributed by atoms with E-state index in [2.05, 4.69) is 0 Å². The van der Waals surface area contributed by atoms with Crippen LogP contribution in [0.25, 0.3) is 10.1 Å². The molecule has 1 aromatic heterocycles. The highest BCUT2D eigenvalue weighted by Crippen LogP contribution is 2.64. The standard InChI is InChI=1S/C23H23F6O3PS/c1-4-31-33(30,32-5-2)19(21-14(3)17-8-6-7-9-20(17)34-21)13-15-12-16(22(24,25)26)10-11-18(15)23(27,28)29/h6-12,19H,4-5,13H2,1-3H3. The Kier molecular flexibility index (Phi) is 7.87. The molecular formula is C23H23F6O3PS. The highest BCUT2D eigenvalue weighted by Gasteiger charge is 2.43. The number of alkyl halides is 6. The molecule has 0 fully saturated rings. The fourth-order valence-electron chi connectivity index (χ4n) is 3.86. The molecule has 0 bridgehead atoms. The Morgan fingerprint density at radius 3 is 2.09 bits per heavy atom. The van der Waals surface area contributed by atoms with Crippen LogP contribution in [0.3, 0.4) is 0 Å². The summed E-state index contributed by atoms with van der Waals surface area (Å²) in [6, 6.07) is 8.50. The molecule has 1 unspecified atom stereocenters. The summed E-state index contributed by atoms with van der Waals surface area (Å²) in [6.07, 6.45) is -10.4. The zero-order valence-electron chi connectivity index (χ0n) is 18.6. The Morgan fingerprint density at radius 2 is 1.56 bits per heavy atom. The lowest BCUT2D eigenvalue weighted by Crippen LogP contribution is -2.16. The Bertz CT molecular complexity index is 1190. The van der Waals surface area contributed by atoms with Crippen molar-refractivity contribution in [2.75, 3.05) is 13.2 Å². The van der Waals surface area contributed by atoms with Crippen LogP contribution in [0.2, 0.25) is 0 Å². The van der Waals surface area contributed by atoms with Crippen LogP contribution >= 0.6 is 18.9 Å². The van der Waals surface area contributed by atoms with Gasteiger partial charge < -0.3 is 9.05 Å². The van der Waals surface area contributed by atoms with Crippen molar-refractivity contribution in [3.8, 4) is 0 Å². The smallest absolute Gasteiger partial charge is 0.308 e. The van der Waals surface area contributed by atoms with Gasteiger partial charge in [0.15, 0.2) is 0 Å². The molecule has 0 aliphatic heterocycles. The van der Waals surface area contributed by atoms with E-state index in [1.807, 2.05) is 12.1 Å². The van der Waals surface area contributed by atoms with E-state index in [-0.39, 0.29) is 13.2 Å². The third kappa shape index (κ3) is 5.51. The summed E-state index contributed by atoms with van der Waals surface area (Å²) in [5.41, 5.74) is -3.61. The van der Waals surface area contributed by atoms with Crippen molar-refractivity contribution >= 4 is 29.0 Å². The van der Waals surface area contributed by atoms with E-state index in [4.69, 9.17) is 9.05 Å². The second kappa shape index (κ2) is 10.0. The van der Waals surface area contributed by atoms with E-state index in [9.17, 15) is 30.9 Å². The van der Waals surface area contributed by atoms with Crippen molar-refractivity contribution in [2.24, 2.45) is 0 Å². The number of halogens is 6. The second-order valence-electron chi connectivity index (χ2n) is 7.55. The zero-order valence-corrected chi connectivity index (χ0v) is 20.3. The first kappa shape index (κ1) is 26.7. The molecule has 0 spiro atoms. The quantitative estimate of drug-likeness (QED) is 0.218. The molecule has 0 N–H and O–H groups in total. The molecule has 3 nitrogen and oxygen atoms in total. The Morgan fingerprint density at radius 1 is 0.941 bits per heavy atom. The molecule has 3 rings (SSSR count). The summed E-state index contributed by atoms with van der Waals surface area (Å²) in [6.45, 7) is 4.76. The zero-order chi connectivity index (χ0) is 25.3. The van der Waals surface area contributed by atoms with Crippen LogP contribution in [-0.2, 0) is 32.4 Å². The minimum atomic E-state index is -4.90. The van der Waals surface area contributed by atoms with Gasteiger partial charge in [0, 0.05) is 9.58 Å². The minimum absolute atomic E-state index is 0.0492. The first-order chi connectivity index (χ1) is 15.8. The molecule has 0 amide bonds. The van der Waals surface area contributed by atoms with Gasteiger partial charge in [-0.2, -0.15) is 26.3 Å². The van der Waals surface area contributed by atoms with Crippen molar-refractivity contribution < 1.29 is 40.0 Å². The maximum absolute atomic E-state index is 13.8. The van der Waals surface area contributed by atoms with Crippen LogP contribution in [0.15, 0.2) is 42.5 Å². The van der Waals surface area contributed by atoms with Crippen molar-refractivity contribution in [3.05, 3.63) is 69.6 Å². The number of benzene rings is 2. The number of fused-ring (bicyclic) bond motifs is 1. The van der Waals surface area contributed by atoms with Crippen molar-refractivity contribution in [3.63, 3.8) is 0 Å². The van der Waals surface area contributed by atoms with Crippen molar-refractivity contribution in [1.29, 1.82) is 0 Å². The fraction of sp³-hybridized carbons (Fsp3) is 0.391. The molecule has 1 atom stereocenters. The lowest BCUT2D eigenvalue weighted by Gasteiger charge is -2.27. The van der Waals surface area contributed by atoms with Crippen molar-refractivity contribution in [2.45, 2.75) is 45.2 Å². The van der Waals surface area contributed by atoms with Crippen LogP contribution in [0.5, 0.6) is 0 Å². The topological polar surface area (TPSA) is 35.5 Å². The van der Waals surface area contributed by atoms with Crippen LogP contribution < -0.4 is 0 Å². The van der Waals surface area contributed by atoms with Crippen LogP contribution in [0, 0.1) is 6.92 Å². The summed E-state index contributed by atoms with van der Waals surface area (Å²) in [5.74, 6) is 0. The molecule has 0 radical (unpaired) electrons. The number of aryl methyl sites for hydroxylation is 1. The molecule has 0 saturated heterocycles. The minimum Gasteiger partial charge on any atom is -0.308 e. The molecule has 186 valence electrons. The summed E-state index contributed by atoms with van der Waals surface area (Å²) in [5, 5.41) is 0.812. The third-order valence-electron chi connectivity index (χ3n) is 5.33. The SMILES string of the molecule is CCOP(=O)(OCC)C(Cc1cc(C(F)(F)F)ccc1C(F)(F)F)c1sc2ccccc2c1C. The molecular weight excluding hydrogens is 501 g/mol. The van der Waals surface area contributed by atoms with Crippen LogP contribution in [0.1, 0.15) is 46.6 Å². The lowest BCUT2D eigenvalue weighted by molar-refractivity contribution is -0.141. The van der Waals surface area contributed by atoms with Crippen LogP contribution in [0.4, 0.5) is 26.3 Å². The Labute approximate surface area is 197 Å². The summed E-state index contributed by atoms with van der Waals surface area (Å²) < 4.78 is 107. The molecule has 2 aromatic carbocycles. The highest BCUT2D eigenvalue weighted by atomic mass is 32.1. The monoisotopic (exact) mass is 524 g/mol. The summed E-state index contributed by atoms with van der Waals surface area (Å²) in [4.78, 5) is 0.456. The maximum Gasteiger partial charge on any atom is 0.416 e. The van der Waals surface area contributed by atoms with Gasteiger partial charge in [-0.15, -0.1) is 11.3 Å². The van der Waals surface area contributed by atoms with E-state index in [0.29, 0.717) is 28.6 Å². The molecule has 11 heteroatoms. The maximum atomic E-state index is 13.8. The molecule has 3 aromatic rings. The molecule has 0 aliphatic rings. The van der Waals surface area contributed by atoms with Gasteiger partial charge >= 0.3 is 19.9 Å². The van der Waals surface area contributed by atoms with E-state index in [0.717, 1.165) is 10.1 Å². The predicted molar refractivity (Wildman–Crippen MR) is 120 cm³/mol. The molecule has 34 heavy (non-hydrogen) atoms. The predicted octanol–water partition coefficient (Wildman–Crippen LogP) is 8.80. The first-order valence-electron chi connectivity index (χ1n) is 10.5. The second-order valence-corrected chi connectivity index (χ2v) is 10.9. The average molecular weight is 524 g/mol. The average Bonchev–Trinajstić information content (AvgIpc) is 3.07. The largest absolute Gasteiger partial charge is 0.416 e. The van der Waals surface area contributed by atoms with Crippen LogP contribution in [-0.4, -0.2) is 13.2 Å². The third-order valence-corrected chi connectivity index (χ3v) is 9.34. The highest BCUT2D eigenvalue weighted by molar-refractivity contribution is 7.54. The number of thiophene rings is 1. The number of rotatable bonds is 8. The number of hydrogen-bond acceptors (Lipinski definition) is 4. The molecule has 0 saturated carbocycles. The van der Waals surface area contributed by atoms with Gasteiger partial charge in [0.2, 0.25) is 0 Å². The van der Waals surface area contributed by atoms with Gasteiger partial charge in [-0.25, -0.2) is 0 Å². The van der Waals surface area contributed by atoms with E-state index >= 15 is 0 Å². The van der Waals surface area contributed by atoms with E-state index < -0.39 is 48.7 Å². The van der Waals surface area contributed by atoms with E-state index in [1.165, 1.54) is 11.3 Å². The Hall–Kier alpha value is -1.87. The van der Waals surface area contributed by atoms with Gasteiger partial charge in [0.25, 0.3) is 0 Å². The summed E-state index contributed by atoms with van der Waals surface area (Å²) >= 11 is 1.22. The molecule has 1 heterocycles. The van der Waals surface area contributed by atoms with Gasteiger partial charge in [-0.1, -0.05) is 18.2 Å². The summed E-state index contributed by atoms with van der Waals surface area (Å²) in [7, 11) is -4.07. The lowest BCUT2D eigenvalue weighted by atomic mass is 9.97. The van der Waals surface area contributed by atoms with Gasteiger partial charge in [0.05, 0.1) is 30.0 Å². The Balaban J connectivity index is 2.26. The normalized spacial score (nSPS) is 14.0. The van der Waals surface area contributed by atoms with Gasteiger partial charge in [-0.05, 0) is 68.0 Å².